The molecule has 0 unspecified atom stereocenters. The number of nitrogens with zero attached hydrogens (tertiary/aromatic N) is 2. The van der Waals surface area contributed by atoms with Gasteiger partial charge in [-0.05, 0) is 6.07 Å². The molecule has 3 nitrogen and oxygen atoms in total. The van der Waals surface area contributed by atoms with Gasteiger partial charge in [-0.2, -0.15) is 5.10 Å². The Morgan fingerprint density at radius 1 is 0.944 bits per heavy atom. The van der Waals surface area contributed by atoms with Crippen LogP contribution >= 0.6 is 0 Å². The number of halogens is 5. The summed E-state index contributed by atoms with van der Waals surface area (Å²) in [6.07, 6.45) is 1.16. The maximum absolute atomic E-state index is 13.4. The third-order valence-electron chi connectivity index (χ3n) is 2.19. The molecule has 0 spiro atoms. The lowest BCUT2D eigenvalue weighted by Crippen LogP contribution is -2.12. The maximum atomic E-state index is 13.4. The van der Waals surface area contributed by atoms with E-state index in [0.717, 1.165) is 12.3 Å². The summed E-state index contributed by atoms with van der Waals surface area (Å²) in [6, 6.07) is 1.06. The van der Waals surface area contributed by atoms with Crippen LogP contribution in [0.2, 0.25) is 0 Å². The number of benzene rings is 1. The van der Waals surface area contributed by atoms with Crippen molar-refractivity contribution in [2.75, 3.05) is 0 Å². The number of rotatable bonds is 2. The van der Waals surface area contributed by atoms with Crippen LogP contribution in [0.5, 0.6) is 0 Å². The average Bonchev–Trinajstić information content (AvgIpc) is 2.82. The lowest BCUT2D eigenvalue weighted by atomic mass is 10.2. The van der Waals surface area contributed by atoms with Gasteiger partial charge in [0.2, 0.25) is 5.82 Å². The van der Waals surface area contributed by atoms with Crippen molar-refractivity contribution in [3.05, 3.63) is 47.0 Å². The molecular formula is C10H3F5N2O. The summed E-state index contributed by atoms with van der Waals surface area (Å²) in [5, 5.41) is 3.34. The monoisotopic (exact) mass is 262 g/mol. The van der Waals surface area contributed by atoms with Gasteiger partial charge in [-0.15, -0.1) is 0 Å². The van der Waals surface area contributed by atoms with E-state index in [1.54, 1.807) is 0 Å². The first-order valence-corrected chi connectivity index (χ1v) is 4.50. The molecule has 1 aromatic heterocycles. The Morgan fingerprint density at radius 3 is 1.94 bits per heavy atom. The number of aldehydes is 1. The van der Waals surface area contributed by atoms with E-state index in [9.17, 15) is 26.7 Å². The summed E-state index contributed by atoms with van der Waals surface area (Å²) in [4.78, 5) is 10.6. The molecule has 94 valence electrons. The zero-order chi connectivity index (χ0) is 13.4. The zero-order valence-electron chi connectivity index (χ0n) is 8.42. The highest BCUT2D eigenvalue weighted by Crippen LogP contribution is 2.26. The normalized spacial score (nSPS) is 10.7. The highest BCUT2D eigenvalue weighted by atomic mass is 19.2. The zero-order valence-corrected chi connectivity index (χ0v) is 8.42. The third kappa shape index (κ3) is 1.57. The molecule has 1 aromatic carbocycles. The fraction of sp³-hybridized carbons (Fsp3) is 0. The van der Waals surface area contributed by atoms with Crippen molar-refractivity contribution < 1.29 is 26.7 Å². The van der Waals surface area contributed by atoms with Gasteiger partial charge in [0.1, 0.15) is 11.4 Å². The Balaban J connectivity index is 2.84. The fourth-order valence-electron chi connectivity index (χ4n) is 1.37. The van der Waals surface area contributed by atoms with E-state index in [-0.39, 0.29) is 12.0 Å². The first kappa shape index (κ1) is 12.2. The summed E-state index contributed by atoms with van der Waals surface area (Å²) in [7, 11) is 0. The number of aromatic nitrogens is 2. The van der Waals surface area contributed by atoms with E-state index in [1.165, 1.54) is 0 Å². The van der Waals surface area contributed by atoms with Crippen molar-refractivity contribution in [1.29, 1.82) is 0 Å². The van der Waals surface area contributed by atoms with Crippen LogP contribution in [0, 0.1) is 29.1 Å². The van der Waals surface area contributed by atoms with Crippen LogP contribution in [0.3, 0.4) is 0 Å². The second kappa shape index (κ2) is 4.21. The van der Waals surface area contributed by atoms with E-state index >= 15 is 0 Å². The number of hydrogen-bond acceptors (Lipinski definition) is 2. The highest BCUT2D eigenvalue weighted by molar-refractivity contribution is 5.73. The molecule has 2 rings (SSSR count). The highest BCUT2D eigenvalue weighted by Gasteiger charge is 2.28. The minimum atomic E-state index is -2.27. The lowest BCUT2D eigenvalue weighted by Gasteiger charge is -2.09. The molecule has 0 amide bonds. The van der Waals surface area contributed by atoms with Crippen molar-refractivity contribution in [3.8, 4) is 5.69 Å². The van der Waals surface area contributed by atoms with Crippen molar-refractivity contribution in [1.82, 2.24) is 9.78 Å². The van der Waals surface area contributed by atoms with Crippen LogP contribution < -0.4 is 0 Å². The summed E-state index contributed by atoms with van der Waals surface area (Å²) in [5.41, 5.74) is -1.64. The van der Waals surface area contributed by atoms with Gasteiger partial charge in [0.25, 0.3) is 0 Å². The van der Waals surface area contributed by atoms with Gasteiger partial charge in [0.05, 0.1) is 6.20 Å². The van der Waals surface area contributed by atoms with Crippen LogP contribution in [0.4, 0.5) is 22.0 Å². The van der Waals surface area contributed by atoms with Gasteiger partial charge in [-0.25, -0.2) is 26.6 Å². The molecule has 0 aliphatic rings. The van der Waals surface area contributed by atoms with Crippen molar-refractivity contribution in [2.45, 2.75) is 0 Å². The van der Waals surface area contributed by atoms with E-state index < -0.39 is 34.8 Å². The molecule has 0 fully saturated rings. The Hall–Kier alpha value is -2.25. The second-order valence-electron chi connectivity index (χ2n) is 3.20. The molecule has 1 heterocycles. The molecule has 0 N–H and O–H groups in total. The van der Waals surface area contributed by atoms with Gasteiger partial charge in [0.15, 0.2) is 29.6 Å². The largest absolute Gasteiger partial charge is 0.296 e. The second-order valence-corrected chi connectivity index (χ2v) is 3.20. The lowest BCUT2D eigenvalue weighted by molar-refractivity contribution is 0.111. The Labute approximate surface area is 96.4 Å². The van der Waals surface area contributed by atoms with E-state index in [0.29, 0.717) is 4.68 Å². The van der Waals surface area contributed by atoms with Crippen LogP contribution in [-0.4, -0.2) is 16.1 Å². The molecule has 18 heavy (non-hydrogen) atoms. The van der Waals surface area contributed by atoms with Gasteiger partial charge >= 0.3 is 0 Å². The Bertz CT molecular complexity index is 608. The minimum Gasteiger partial charge on any atom is -0.296 e. The average molecular weight is 262 g/mol. The smallest absolute Gasteiger partial charge is 0.200 e. The molecule has 0 aliphatic carbocycles. The van der Waals surface area contributed by atoms with E-state index in [2.05, 4.69) is 5.10 Å². The van der Waals surface area contributed by atoms with Gasteiger partial charge in [-0.1, -0.05) is 0 Å². The number of carbonyl (C=O) groups excluding carboxylic acids is 1. The maximum Gasteiger partial charge on any atom is 0.200 e. The van der Waals surface area contributed by atoms with Gasteiger partial charge in [-0.3, -0.25) is 4.79 Å². The third-order valence-corrected chi connectivity index (χ3v) is 2.19. The molecule has 0 radical (unpaired) electrons. The Kier molecular flexibility index (Phi) is 2.85. The quantitative estimate of drug-likeness (QED) is 0.360. The topological polar surface area (TPSA) is 34.9 Å². The summed E-state index contributed by atoms with van der Waals surface area (Å²) in [6.45, 7) is 0. The Morgan fingerprint density at radius 2 is 1.44 bits per heavy atom. The molecule has 0 bridgehead atoms. The molecule has 0 saturated heterocycles. The van der Waals surface area contributed by atoms with Crippen molar-refractivity contribution in [3.63, 3.8) is 0 Å². The predicted octanol–water partition coefficient (Wildman–Crippen LogP) is 2.38. The number of carbonyl (C=O) groups is 1. The standard InChI is InChI=1S/C10H3F5N2O/c11-5-6(12)8(14)10(9(15)7(5)13)17-4(3-18)1-2-16-17/h1-3H. The van der Waals surface area contributed by atoms with Crippen LogP contribution in [0.1, 0.15) is 10.5 Å². The summed E-state index contributed by atoms with van der Waals surface area (Å²) >= 11 is 0. The fourth-order valence-corrected chi connectivity index (χ4v) is 1.37. The first-order valence-electron chi connectivity index (χ1n) is 4.50. The SMILES string of the molecule is O=Cc1ccnn1-c1c(F)c(F)c(F)c(F)c1F. The molecule has 8 heteroatoms. The van der Waals surface area contributed by atoms with Gasteiger partial charge < -0.3 is 0 Å². The minimum absolute atomic E-state index is 0.172. The van der Waals surface area contributed by atoms with Crippen LogP contribution in [-0.2, 0) is 0 Å². The summed E-state index contributed by atoms with van der Waals surface area (Å²) < 4.78 is 65.8. The molecule has 0 saturated carbocycles. The van der Waals surface area contributed by atoms with Crippen LogP contribution in [0.15, 0.2) is 12.3 Å². The first-order chi connectivity index (χ1) is 8.49. The van der Waals surface area contributed by atoms with E-state index in [4.69, 9.17) is 0 Å². The molecule has 0 aliphatic heterocycles. The van der Waals surface area contributed by atoms with Crippen molar-refractivity contribution >= 4 is 6.29 Å². The predicted molar refractivity (Wildman–Crippen MR) is 48.7 cm³/mol. The summed E-state index contributed by atoms with van der Waals surface area (Å²) in [5.74, 6) is -10.6. The van der Waals surface area contributed by atoms with Gasteiger partial charge in [0, 0.05) is 0 Å². The van der Waals surface area contributed by atoms with Crippen molar-refractivity contribution in [2.24, 2.45) is 0 Å². The molecule has 2 aromatic rings. The van der Waals surface area contributed by atoms with E-state index in [1.807, 2.05) is 0 Å². The molecular weight excluding hydrogens is 259 g/mol. The molecule has 0 atom stereocenters. The van der Waals surface area contributed by atoms with Crippen LogP contribution in [0.25, 0.3) is 5.69 Å². The number of hydrogen-bond donors (Lipinski definition) is 0.